The van der Waals surface area contributed by atoms with Gasteiger partial charge < -0.3 is 18.9 Å². The van der Waals surface area contributed by atoms with Gasteiger partial charge >= 0.3 is 12.4 Å². The van der Waals surface area contributed by atoms with Gasteiger partial charge in [-0.2, -0.15) is 26.3 Å². The first-order chi connectivity index (χ1) is 18.9. The number of rotatable bonds is 6. The van der Waals surface area contributed by atoms with E-state index in [1.54, 1.807) is 6.07 Å². The smallest absolute Gasteiger partial charge is 0.417 e. The van der Waals surface area contributed by atoms with Crippen LogP contribution in [0.15, 0.2) is 30.3 Å². The Kier molecular flexibility index (Phi) is 10.7. The fourth-order valence-corrected chi connectivity index (χ4v) is 5.42. The van der Waals surface area contributed by atoms with Crippen LogP contribution >= 0.6 is 0 Å². The molecule has 2 aliphatic carbocycles. The number of halogens is 6. The first kappa shape index (κ1) is 31.5. The summed E-state index contributed by atoms with van der Waals surface area (Å²) in [5.41, 5.74) is -0.161. The van der Waals surface area contributed by atoms with Gasteiger partial charge in [0.1, 0.15) is 23.0 Å². The van der Waals surface area contributed by atoms with Gasteiger partial charge in [-0.1, -0.05) is 25.3 Å². The molecule has 0 saturated heterocycles. The lowest BCUT2D eigenvalue weighted by atomic mass is 9.81. The molecule has 0 amide bonds. The summed E-state index contributed by atoms with van der Waals surface area (Å²) in [5.74, 6) is 0.734. The van der Waals surface area contributed by atoms with Gasteiger partial charge in [0.05, 0.1) is 39.6 Å². The zero-order valence-corrected chi connectivity index (χ0v) is 23.2. The third kappa shape index (κ3) is 7.57. The van der Waals surface area contributed by atoms with E-state index in [1.165, 1.54) is 34.5 Å². The SMILES string of the molecule is COc1cc(OC)c(C2=CCCCC2)c(C(F)(F)F)c1.COc1cc(OC)c(C2CCCCC2)c(C(F)(F)F)c1. The summed E-state index contributed by atoms with van der Waals surface area (Å²) in [6.45, 7) is 0. The third-order valence-corrected chi connectivity index (χ3v) is 7.34. The van der Waals surface area contributed by atoms with E-state index in [0.717, 1.165) is 63.5 Å². The van der Waals surface area contributed by atoms with Crippen LogP contribution in [0, 0.1) is 0 Å². The maximum Gasteiger partial charge on any atom is 0.417 e. The van der Waals surface area contributed by atoms with Crippen LogP contribution in [0.3, 0.4) is 0 Å². The average molecular weight is 575 g/mol. The zero-order valence-electron chi connectivity index (χ0n) is 23.2. The van der Waals surface area contributed by atoms with Crippen molar-refractivity contribution >= 4 is 5.57 Å². The van der Waals surface area contributed by atoms with Crippen LogP contribution in [0.4, 0.5) is 26.3 Å². The highest BCUT2D eigenvalue weighted by atomic mass is 19.4. The molecule has 0 unspecified atom stereocenters. The molecule has 0 heterocycles. The topological polar surface area (TPSA) is 36.9 Å². The van der Waals surface area contributed by atoms with Gasteiger partial charge in [-0.05, 0) is 62.1 Å². The van der Waals surface area contributed by atoms with Crippen molar-refractivity contribution in [1.29, 1.82) is 0 Å². The summed E-state index contributed by atoms with van der Waals surface area (Å²) in [6, 6.07) is 5.15. The van der Waals surface area contributed by atoms with Crippen LogP contribution in [-0.2, 0) is 12.4 Å². The van der Waals surface area contributed by atoms with E-state index < -0.39 is 23.5 Å². The highest BCUT2D eigenvalue weighted by Crippen LogP contribution is 2.47. The molecule has 4 rings (SSSR count). The Balaban J connectivity index is 0.000000220. The third-order valence-electron chi connectivity index (χ3n) is 7.34. The van der Waals surface area contributed by atoms with Crippen LogP contribution < -0.4 is 18.9 Å². The summed E-state index contributed by atoms with van der Waals surface area (Å²) in [5, 5.41) is 0. The molecule has 0 aromatic heterocycles. The summed E-state index contributed by atoms with van der Waals surface area (Å²) < 4.78 is 100. The Hall–Kier alpha value is -3.04. The Morgan fingerprint density at radius 2 is 1.18 bits per heavy atom. The fraction of sp³-hybridized carbons (Fsp3) is 0.533. The van der Waals surface area contributed by atoms with Crippen molar-refractivity contribution in [2.75, 3.05) is 28.4 Å². The van der Waals surface area contributed by atoms with E-state index in [9.17, 15) is 26.3 Å². The van der Waals surface area contributed by atoms with Gasteiger partial charge in [-0.25, -0.2) is 0 Å². The molecule has 0 spiro atoms. The van der Waals surface area contributed by atoms with Crippen LogP contribution in [-0.4, -0.2) is 28.4 Å². The lowest BCUT2D eigenvalue weighted by Gasteiger charge is -2.27. The van der Waals surface area contributed by atoms with E-state index in [2.05, 4.69) is 0 Å². The molecular weight excluding hydrogens is 538 g/mol. The number of benzene rings is 2. The molecule has 0 atom stereocenters. The molecular formula is C30H36F6O4. The number of hydrogen-bond acceptors (Lipinski definition) is 4. The quantitative estimate of drug-likeness (QED) is 0.322. The van der Waals surface area contributed by atoms with Gasteiger partial charge in [0.2, 0.25) is 0 Å². The van der Waals surface area contributed by atoms with Crippen LogP contribution in [0.5, 0.6) is 23.0 Å². The number of ether oxygens (including phenoxy) is 4. The fourth-order valence-electron chi connectivity index (χ4n) is 5.42. The molecule has 222 valence electrons. The summed E-state index contributed by atoms with van der Waals surface area (Å²) >= 11 is 0. The largest absolute Gasteiger partial charge is 0.497 e. The van der Waals surface area contributed by atoms with Gasteiger partial charge in [-0.3, -0.25) is 0 Å². The monoisotopic (exact) mass is 574 g/mol. The first-order valence-electron chi connectivity index (χ1n) is 13.3. The second kappa shape index (κ2) is 13.5. The van der Waals surface area contributed by atoms with E-state index in [0.29, 0.717) is 17.6 Å². The second-order valence-electron chi connectivity index (χ2n) is 9.85. The minimum absolute atomic E-state index is 0.0822. The molecule has 0 bridgehead atoms. The summed E-state index contributed by atoms with van der Waals surface area (Å²) in [7, 11) is 5.48. The van der Waals surface area contributed by atoms with Crippen molar-refractivity contribution in [1.82, 2.24) is 0 Å². The Labute approximate surface area is 231 Å². The van der Waals surface area contributed by atoms with E-state index in [1.807, 2.05) is 6.08 Å². The van der Waals surface area contributed by atoms with Crippen molar-refractivity contribution in [2.24, 2.45) is 0 Å². The van der Waals surface area contributed by atoms with Crippen LogP contribution in [0.25, 0.3) is 5.57 Å². The molecule has 0 aliphatic heterocycles. The summed E-state index contributed by atoms with van der Waals surface area (Å²) in [4.78, 5) is 0. The molecule has 4 nitrogen and oxygen atoms in total. The van der Waals surface area contributed by atoms with Crippen molar-refractivity contribution in [3.8, 4) is 23.0 Å². The number of methoxy groups -OCH3 is 4. The maximum atomic E-state index is 13.3. The Morgan fingerprint density at radius 1 is 0.625 bits per heavy atom. The highest BCUT2D eigenvalue weighted by molar-refractivity contribution is 5.75. The number of allylic oxidation sites excluding steroid dienone is 2. The van der Waals surface area contributed by atoms with E-state index in [-0.39, 0.29) is 34.5 Å². The van der Waals surface area contributed by atoms with E-state index >= 15 is 0 Å². The number of alkyl halides is 6. The minimum atomic E-state index is -4.44. The van der Waals surface area contributed by atoms with Crippen molar-refractivity contribution < 1.29 is 45.3 Å². The lowest BCUT2D eigenvalue weighted by molar-refractivity contribution is -0.139. The second-order valence-corrected chi connectivity index (χ2v) is 9.85. The molecule has 2 aromatic carbocycles. The van der Waals surface area contributed by atoms with Crippen molar-refractivity contribution in [3.63, 3.8) is 0 Å². The zero-order chi connectivity index (χ0) is 29.5. The minimum Gasteiger partial charge on any atom is -0.497 e. The standard InChI is InChI=1S/C15H19F3O2.C15H17F3O2/c2*1-19-11-8-12(15(16,17)18)14(13(9-11)20-2)10-6-4-3-5-7-10/h8-10H,3-7H2,1-2H3;6,8-9H,3-5,7H2,1-2H3. The molecule has 1 saturated carbocycles. The van der Waals surface area contributed by atoms with Crippen LogP contribution in [0.1, 0.15) is 86.0 Å². The molecule has 1 fully saturated rings. The molecule has 0 radical (unpaired) electrons. The molecule has 2 aliphatic rings. The lowest BCUT2D eigenvalue weighted by Crippen LogP contribution is -2.15. The van der Waals surface area contributed by atoms with Gasteiger partial charge in [-0.15, -0.1) is 0 Å². The molecule has 40 heavy (non-hydrogen) atoms. The Morgan fingerprint density at radius 3 is 1.65 bits per heavy atom. The molecule has 10 heteroatoms. The molecule has 2 aromatic rings. The first-order valence-corrected chi connectivity index (χ1v) is 13.3. The van der Waals surface area contributed by atoms with E-state index in [4.69, 9.17) is 18.9 Å². The Bertz CT molecular complexity index is 1160. The number of hydrogen-bond donors (Lipinski definition) is 0. The van der Waals surface area contributed by atoms with Gasteiger partial charge in [0, 0.05) is 23.3 Å². The predicted octanol–water partition coefficient (Wildman–Crippen LogP) is 9.45. The normalized spacial score (nSPS) is 16.4. The highest BCUT2D eigenvalue weighted by Gasteiger charge is 2.39. The van der Waals surface area contributed by atoms with Crippen molar-refractivity contribution in [3.05, 3.63) is 52.6 Å². The van der Waals surface area contributed by atoms with Crippen LogP contribution in [0.2, 0.25) is 0 Å². The average Bonchev–Trinajstić information content (AvgIpc) is 2.95. The van der Waals surface area contributed by atoms with Gasteiger partial charge in [0.25, 0.3) is 0 Å². The van der Waals surface area contributed by atoms with Gasteiger partial charge in [0.15, 0.2) is 0 Å². The summed E-state index contributed by atoms with van der Waals surface area (Å²) in [6.07, 6.45) is 1.02. The predicted molar refractivity (Wildman–Crippen MR) is 141 cm³/mol. The van der Waals surface area contributed by atoms with Crippen molar-refractivity contribution in [2.45, 2.75) is 76.1 Å². The maximum absolute atomic E-state index is 13.3. The molecule has 0 N–H and O–H groups in total.